The first-order chi connectivity index (χ1) is 14.9. The van der Waals surface area contributed by atoms with Gasteiger partial charge in [0.2, 0.25) is 22.8 Å². The number of rotatable bonds is 4. The Morgan fingerprint density at radius 3 is 2.16 bits per heavy atom. The van der Waals surface area contributed by atoms with Crippen molar-refractivity contribution in [1.82, 2.24) is 0 Å². The van der Waals surface area contributed by atoms with E-state index >= 15 is 0 Å². The van der Waals surface area contributed by atoms with Crippen molar-refractivity contribution in [3.8, 4) is 35.5 Å². The molecular weight excluding hydrogens is 400 g/mol. The lowest BCUT2D eigenvalue weighted by Gasteiger charge is -2.51. The van der Waals surface area contributed by atoms with Gasteiger partial charge in [-0.1, -0.05) is 6.42 Å². The lowest BCUT2D eigenvalue weighted by Crippen LogP contribution is -2.60. The van der Waals surface area contributed by atoms with Gasteiger partial charge in [0.25, 0.3) is 0 Å². The van der Waals surface area contributed by atoms with Crippen molar-refractivity contribution < 1.29 is 23.7 Å². The maximum atomic E-state index is 10.3. The van der Waals surface area contributed by atoms with E-state index in [9.17, 15) is 15.8 Å². The van der Waals surface area contributed by atoms with Crippen LogP contribution in [0, 0.1) is 56.2 Å². The van der Waals surface area contributed by atoms with Crippen LogP contribution in [0.5, 0.6) is 17.2 Å². The Morgan fingerprint density at radius 1 is 1.00 bits per heavy atom. The summed E-state index contributed by atoms with van der Waals surface area (Å²) in [7, 11) is 4.39. The fourth-order valence-electron chi connectivity index (χ4n) is 5.41. The summed E-state index contributed by atoms with van der Waals surface area (Å²) < 4.78 is 28.5. The molecule has 9 heteroatoms. The Kier molecular flexibility index (Phi) is 4.72. The van der Waals surface area contributed by atoms with Crippen molar-refractivity contribution in [1.29, 1.82) is 21.2 Å². The van der Waals surface area contributed by atoms with Gasteiger partial charge >= 0.3 is 0 Å². The topological polar surface area (TPSA) is 141 Å². The van der Waals surface area contributed by atoms with Crippen LogP contribution in [0.25, 0.3) is 0 Å². The molecule has 3 fully saturated rings. The molecule has 31 heavy (non-hydrogen) atoms. The fourth-order valence-corrected chi connectivity index (χ4v) is 5.41. The highest BCUT2D eigenvalue weighted by atomic mass is 16.7. The number of nitrogens with one attached hydrogen (secondary N) is 1. The molecule has 1 N–H and O–H groups in total. The first kappa shape index (κ1) is 20.8. The van der Waals surface area contributed by atoms with Crippen LogP contribution >= 0.6 is 0 Å². The summed E-state index contributed by atoms with van der Waals surface area (Å²) in [6.45, 7) is 0. The second-order valence-corrected chi connectivity index (χ2v) is 7.95. The molecule has 1 saturated carbocycles. The van der Waals surface area contributed by atoms with Gasteiger partial charge in [-0.05, 0) is 30.5 Å². The van der Waals surface area contributed by atoms with Gasteiger partial charge in [0, 0.05) is 6.42 Å². The van der Waals surface area contributed by atoms with Gasteiger partial charge in [0.15, 0.2) is 16.9 Å². The van der Waals surface area contributed by atoms with E-state index in [0.29, 0.717) is 35.7 Å². The third kappa shape index (κ3) is 2.34. The van der Waals surface area contributed by atoms with Crippen molar-refractivity contribution in [3.63, 3.8) is 0 Å². The number of nitriles is 3. The van der Waals surface area contributed by atoms with Crippen molar-refractivity contribution in [2.24, 2.45) is 16.7 Å². The van der Waals surface area contributed by atoms with Crippen molar-refractivity contribution in [2.75, 3.05) is 21.3 Å². The van der Waals surface area contributed by atoms with Gasteiger partial charge in [-0.2, -0.15) is 15.8 Å². The second kappa shape index (κ2) is 7.04. The predicted octanol–water partition coefficient (Wildman–Crippen LogP) is 3.22. The zero-order chi connectivity index (χ0) is 22.4. The van der Waals surface area contributed by atoms with E-state index < -0.39 is 28.6 Å². The number of ether oxygens (including phenoxy) is 5. The number of hydrogen-bond donors (Lipinski definition) is 1. The Labute approximate surface area is 180 Å². The van der Waals surface area contributed by atoms with Crippen LogP contribution in [0.15, 0.2) is 12.1 Å². The van der Waals surface area contributed by atoms with Gasteiger partial charge in [-0.15, -0.1) is 0 Å². The zero-order valence-corrected chi connectivity index (χ0v) is 17.5. The molecule has 9 nitrogen and oxygen atoms in total. The Morgan fingerprint density at radius 2 is 1.65 bits per heavy atom. The highest BCUT2D eigenvalue weighted by Crippen LogP contribution is 2.69. The summed E-state index contributed by atoms with van der Waals surface area (Å²) in [4.78, 5) is 0. The molecule has 2 heterocycles. The second-order valence-electron chi connectivity index (χ2n) is 7.95. The van der Waals surface area contributed by atoms with Gasteiger partial charge in [-0.25, -0.2) is 0 Å². The number of nitrogens with zero attached hydrogens (tertiary/aromatic N) is 3. The highest BCUT2D eigenvalue weighted by molar-refractivity contribution is 5.89. The van der Waals surface area contributed by atoms with Crippen LogP contribution in [-0.4, -0.2) is 33.0 Å². The molecule has 1 aliphatic carbocycles. The van der Waals surface area contributed by atoms with E-state index in [2.05, 4.69) is 18.2 Å². The largest absolute Gasteiger partial charge is 0.493 e. The molecule has 1 aromatic rings. The molecule has 4 atom stereocenters. The van der Waals surface area contributed by atoms with Crippen LogP contribution in [0.4, 0.5) is 0 Å². The monoisotopic (exact) mass is 422 g/mol. The van der Waals surface area contributed by atoms with E-state index in [-0.39, 0.29) is 5.90 Å². The normalized spacial score (nSPS) is 32.5. The molecule has 2 saturated heterocycles. The van der Waals surface area contributed by atoms with Gasteiger partial charge in [-0.3, -0.25) is 5.41 Å². The maximum Gasteiger partial charge on any atom is 0.217 e. The number of methoxy groups -OCH3 is 3. The number of hydrogen-bond acceptors (Lipinski definition) is 9. The Balaban J connectivity index is 2.00. The molecule has 160 valence electrons. The van der Waals surface area contributed by atoms with Gasteiger partial charge < -0.3 is 23.7 Å². The van der Waals surface area contributed by atoms with Gasteiger partial charge in [0.05, 0.1) is 45.5 Å². The molecule has 4 rings (SSSR count). The summed E-state index contributed by atoms with van der Waals surface area (Å²) in [6, 6.07) is 9.48. The van der Waals surface area contributed by atoms with Crippen molar-refractivity contribution >= 4 is 5.90 Å². The molecule has 2 bridgehead atoms. The van der Waals surface area contributed by atoms with Crippen LogP contribution < -0.4 is 14.2 Å². The van der Waals surface area contributed by atoms with Crippen molar-refractivity contribution in [2.45, 2.75) is 37.6 Å². The van der Waals surface area contributed by atoms with Crippen LogP contribution in [-0.2, 0) is 9.47 Å². The maximum absolute atomic E-state index is 10.3. The summed E-state index contributed by atoms with van der Waals surface area (Å²) >= 11 is 0. The van der Waals surface area contributed by atoms with E-state index in [4.69, 9.17) is 29.1 Å². The lowest BCUT2D eigenvalue weighted by molar-refractivity contribution is -0.294. The molecule has 2 aliphatic heterocycles. The van der Waals surface area contributed by atoms with E-state index in [0.717, 1.165) is 12.8 Å². The SMILES string of the molecule is COc1cc([C@H]2O[C@@]34CCCC[C@@H]3[C@@](C#N)(C(=N)O4)C2(C#N)C#N)cc(OC)c1OC. The molecule has 0 amide bonds. The van der Waals surface area contributed by atoms with E-state index in [1.165, 1.54) is 21.3 Å². The van der Waals surface area contributed by atoms with Crippen molar-refractivity contribution in [3.05, 3.63) is 17.7 Å². The zero-order valence-electron chi connectivity index (χ0n) is 17.5. The summed E-state index contributed by atoms with van der Waals surface area (Å²) in [5.74, 6) is -1.19. The Hall–Kier alpha value is -3.48. The van der Waals surface area contributed by atoms with Crippen LogP contribution in [0.3, 0.4) is 0 Å². The minimum absolute atomic E-state index is 0.322. The molecule has 0 unspecified atom stereocenters. The van der Waals surface area contributed by atoms with Crippen LogP contribution in [0.1, 0.15) is 37.4 Å². The van der Waals surface area contributed by atoms with E-state index in [1.54, 1.807) is 12.1 Å². The molecule has 3 aliphatic rings. The first-order valence-electron chi connectivity index (χ1n) is 9.93. The Bertz CT molecular complexity index is 1030. The third-order valence-corrected chi connectivity index (χ3v) is 6.81. The summed E-state index contributed by atoms with van der Waals surface area (Å²) in [6.07, 6.45) is 1.42. The molecular formula is C22H22N4O5. The molecule has 1 aromatic carbocycles. The average Bonchev–Trinajstić information content (AvgIpc) is 3.02. The minimum atomic E-state index is -2.01. The molecule has 0 radical (unpaired) electrons. The fraction of sp³-hybridized carbons (Fsp3) is 0.545. The molecule has 0 aromatic heterocycles. The third-order valence-electron chi connectivity index (χ3n) is 6.81. The summed E-state index contributed by atoms with van der Waals surface area (Å²) in [5.41, 5.74) is -3.36. The standard InChI is InChI=1S/C22H22N4O5/c1-27-14-8-13(9-15(28-2)17(14)29-3)18-20(10-23,11-24)21(12-25)16-6-4-5-7-22(16,30-18)31-19(21)26/h8-9,16,18,26H,4-7H2,1-3H3/t16-,18-,21+,22-/m1/s1. The van der Waals surface area contributed by atoms with Gasteiger partial charge in [0.1, 0.15) is 6.10 Å². The lowest BCUT2D eigenvalue weighted by atomic mass is 9.51. The number of benzene rings is 1. The first-order valence-corrected chi connectivity index (χ1v) is 9.93. The van der Waals surface area contributed by atoms with Crippen LogP contribution in [0.2, 0.25) is 0 Å². The predicted molar refractivity (Wildman–Crippen MR) is 105 cm³/mol. The molecule has 0 spiro atoms. The van der Waals surface area contributed by atoms with E-state index in [1.807, 2.05) is 0 Å². The smallest absolute Gasteiger partial charge is 0.217 e. The minimum Gasteiger partial charge on any atom is -0.493 e. The quantitative estimate of drug-likeness (QED) is 0.779. The average molecular weight is 422 g/mol. The summed E-state index contributed by atoms with van der Waals surface area (Å²) in [5, 5.41) is 39.5. The highest BCUT2D eigenvalue weighted by Gasteiger charge is 2.80.